The summed E-state index contributed by atoms with van der Waals surface area (Å²) in [6, 6.07) is 11.5. The zero-order valence-corrected chi connectivity index (χ0v) is 14.4. The second-order valence-electron chi connectivity index (χ2n) is 5.47. The normalized spacial score (nSPS) is 11.9. The monoisotopic (exact) mass is 326 g/mol. The molecule has 0 spiro atoms. The first kappa shape index (κ1) is 15.5. The minimum Gasteiger partial charge on any atom is -0.495 e. The Morgan fingerprint density at radius 3 is 2.65 bits per heavy atom. The zero-order chi connectivity index (χ0) is 16.6. The predicted octanol–water partition coefficient (Wildman–Crippen LogP) is 3.61. The van der Waals surface area contributed by atoms with Gasteiger partial charge in [-0.3, -0.25) is 4.79 Å². The van der Waals surface area contributed by atoms with E-state index in [0.717, 1.165) is 21.5 Å². The fraction of sp³-hybridized carbons (Fsp3) is 0.222. The standard InChI is InChI=1S/C18H18N2O2S/c1-11-8-9-13(10-12(11)2)17(21)19-18-20(3)16-14(22-4)6-5-7-15(16)23-18/h5-10H,1-4H3. The Bertz CT molecular complexity index is 967. The number of aromatic nitrogens is 1. The second kappa shape index (κ2) is 6.01. The molecule has 5 heteroatoms. The zero-order valence-electron chi connectivity index (χ0n) is 13.6. The molecule has 0 unspecified atom stereocenters. The van der Waals surface area contributed by atoms with Gasteiger partial charge >= 0.3 is 0 Å². The maximum atomic E-state index is 12.5. The van der Waals surface area contributed by atoms with Crippen molar-refractivity contribution < 1.29 is 9.53 Å². The molecule has 3 aromatic rings. The molecule has 0 aliphatic carbocycles. The van der Waals surface area contributed by atoms with E-state index in [-0.39, 0.29) is 5.91 Å². The largest absolute Gasteiger partial charge is 0.495 e. The van der Waals surface area contributed by atoms with Crippen molar-refractivity contribution in [1.29, 1.82) is 0 Å². The van der Waals surface area contributed by atoms with Crippen molar-refractivity contribution in [2.24, 2.45) is 12.0 Å². The van der Waals surface area contributed by atoms with Crippen LogP contribution in [0.15, 0.2) is 41.4 Å². The van der Waals surface area contributed by atoms with Crippen molar-refractivity contribution >= 4 is 27.5 Å². The van der Waals surface area contributed by atoms with E-state index in [1.165, 1.54) is 16.9 Å². The highest BCUT2D eigenvalue weighted by Gasteiger charge is 2.10. The number of amides is 1. The van der Waals surface area contributed by atoms with E-state index in [1.807, 2.05) is 61.9 Å². The quantitative estimate of drug-likeness (QED) is 0.722. The molecule has 0 atom stereocenters. The lowest BCUT2D eigenvalue weighted by molar-refractivity contribution is 0.0998. The van der Waals surface area contributed by atoms with Crippen molar-refractivity contribution in [1.82, 2.24) is 4.57 Å². The molecule has 23 heavy (non-hydrogen) atoms. The van der Waals surface area contributed by atoms with Crippen LogP contribution in [0.1, 0.15) is 21.5 Å². The predicted molar refractivity (Wildman–Crippen MR) is 93.2 cm³/mol. The van der Waals surface area contributed by atoms with E-state index < -0.39 is 0 Å². The van der Waals surface area contributed by atoms with Gasteiger partial charge in [-0.05, 0) is 49.2 Å². The fourth-order valence-corrected chi connectivity index (χ4v) is 3.50. The number of thiazole rings is 1. The highest BCUT2D eigenvalue weighted by Crippen LogP contribution is 2.26. The summed E-state index contributed by atoms with van der Waals surface area (Å²) in [5, 5.41) is 0. The van der Waals surface area contributed by atoms with Crippen LogP contribution in [-0.2, 0) is 7.05 Å². The molecule has 0 saturated carbocycles. The molecule has 2 aromatic carbocycles. The Morgan fingerprint density at radius 1 is 1.17 bits per heavy atom. The second-order valence-corrected chi connectivity index (χ2v) is 6.48. The van der Waals surface area contributed by atoms with Gasteiger partial charge in [0.15, 0.2) is 4.80 Å². The van der Waals surface area contributed by atoms with E-state index >= 15 is 0 Å². The molecule has 1 heterocycles. The third-order valence-electron chi connectivity index (χ3n) is 3.96. The number of para-hydroxylation sites is 1. The Labute approximate surface area is 138 Å². The number of benzene rings is 2. The van der Waals surface area contributed by atoms with Gasteiger partial charge in [0.2, 0.25) is 0 Å². The summed E-state index contributed by atoms with van der Waals surface area (Å²) >= 11 is 1.48. The Kier molecular flexibility index (Phi) is 4.05. The number of aryl methyl sites for hydroxylation is 3. The molecule has 0 saturated heterocycles. The minimum absolute atomic E-state index is 0.228. The first-order valence-electron chi connectivity index (χ1n) is 7.30. The average Bonchev–Trinajstić information content (AvgIpc) is 2.86. The van der Waals surface area contributed by atoms with Crippen molar-refractivity contribution in [2.75, 3.05) is 7.11 Å². The summed E-state index contributed by atoms with van der Waals surface area (Å²) in [7, 11) is 3.54. The van der Waals surface area contributed by atoms with Crippen LogP contribution in [0.5, 0.6) is 5.75 Å². The highest BCUT2D eigenvalue weighted by atomic mass is 32.1. The molecule has 3 rings (SSSR count). The molecule has 4 nitrogen and oxygen atoms in total. The average molecular weight is 326 g/mol. The fourth-order valence-electron chi connectivity index (χ4n) is 2.47. The van der Waals surface area contributed by atoms with Gasteiger partial charge in [-0.25, -0.2) is 0 Å². The van der Waals surface area contributed by atoms with E-state index in [2.05, 4.69) is 4.99 Å². The van der Waals surface area contributed by atoms with Crippen LogP contribution >= 0.6 is 11.3 Å². The van der Waals surface area contributed by atoms with E-state index in [0.29, 0.717) is 10.4 Å². The first-order valence-corrected chi connectivity index (χ1v) is 8.11. The van der Waals surface area contributed by atoms with Gasteiger partial charge in [0.25, 0.3) is 5.91 Å². The molecule has 1 aromatic heterocycles. The number of rotatable bonds is 2. The van der Waals surface area contributed by atoms with Crippen molar-refractivity contribution in [3.63, 3.8) is 0 Å². The molecule has 0 radical (unpaired) electrons. The van der Waals surface area contributed by atoms with Crippen LogP contribution in [-0.4, -0.2) is 17.6 Å². The van der Waals surface area contributed by atoms with Crippen LogP contribution in [0.4, 0.5) is 0 Å². The highest BCUT2D eigenvalue weighted by molar-refractivity contribution is 7.16. The van der Waals surface area contributed by atoms with Gasteiger partial charge in [-0.2, -0.15) is 4.99 Å². The Morgan fingerprint density at radius 2 is 1.96 bits per heavy atom. The molecule has 0 bridgehead atoms. The molecular weight excluding hydrogens is 308 g/mol. The summed E-state index contributed by atoms with van der Waals surface area (Å²) in [6.45, 7) is 4.02. The summed E-state index contributed by atoms with van der Waals surface area (Å²) in [5.74, 6) is 0.551. The van der Waals surface area contributed by atoms with E-state index in [4.69, 9.17) is 4.74 Å². The lowest BCUT2D eigenvalue weighted by Crippen LogP contribution is -2.13. The smallest absolute Gasteiger partial charge is 0.279 e. The summed E-state index contributed by atoms with van der Waals surface area (Å²) < 4.78 is 8.34. The van der Waals surface area contributed by atoms with Gasteiger partial charge in [0, 0.05) is 12.6 Å². The molecule has 0 fully saturated rings. The number of ether oxygens (including phenoxy) is 1. The third-order valence-corrected chi connectivity index (χ3v) is 5.05. The Balaban J connectivity index is 2.12. The van der Waals surface area contributed by atoms with Gasteiger partial charge < -0.3 is 9.30 Å². The molecule has 0 N–H and O–H groups in total. The van der Waals surface area contributed by atoms with Gasteiger partial charge in [-0.1, -0.05) is 23.5 Å². The molecule has 0 aliphatic rings. The molecular formula is C18H18N2O2S. The maximum absolute atomic E-state index is 12.5. The number of nitrogens with zero attached hydrogens (tertiary/aromatic N) is 2. The van der Waals surface area contributed by atoms with Crippen LogP contribution in [0.3, 0.4) is 0 Å². The lowest BCUT2D eigenvalue weighted by Gasteiger charge is -2.03. The molecule has 1 amide bonds. The minimum atomic E-state index is -0.228. The lowest BCUT2D eigenvalue weighted by atomic mass is 10.1. The number of hydrogen-bond acceptors (Lipinski definition) is 3. The van der Waals surface area contributed by atoms with Crippen LogP contribution in [0, 0.1) is 13.8 Å². The third kappa shape index (κ3) is 2.80. The van der Waals surface area contributed by atoms with Crippen LogP contribution in [0.2, 0.25) is 0 Å². The summed E-state index contributed by atoms with van der Waals surface area (Å²) in [4.78, 5) is 17.4. The number of methoxy groups -OCH3 is 1. The SMILES string of the molecule is COc1cccc2sc(=NC(=O)c3ccc(C)c(C)c3)n(C)c12. The summed E-state index contributed by atoms with van der Waals surface area (Å²) in [6.07, 6.45) is 0. The number of hydrogen-bond donors (Lipinski definition) is 0. The van der Waals surface area contributed by atoms with Crippen molar-refractivity contribution in [3.8, 4) is 5.75 Å². The van der Waals surface area contributed by atoms with Crippen molar-refractivity contribution in [2.45, 2.75) is 13.8 Å². The summed E-state index contributed by atoms with van der Waals surface area (Å²) in [5.41, 5.74) is 3.82. The Hall–Kier alpha value is -2.40. The topological polar surface area (TPSA) is 43.6 Å². The number of carbonyl (C=O) groups is 1. The molecule has 0 aliphatic heterocycles. The van der Waals surface area contributed by atoms with Gasteiger partial charge in [0.1, 0.15) is 11.3 Å². The van der Waals surface area contributed by atoms with E-state index in [9.17, 15) is 4.79 Å². The van der Waals surface area contributed by atoms with Crippen molar-refractivity contribution in [3.05, 3.63) is 57.9 Å². The van der Waals surface area contributed by atoms with Crippen LogP contribution < -0.4 is 9.54 Å². The molecule has 118 valence electrons. The van der Waals surface area contributed by atoms with E-state index in [1.54, 1.807) is 7.11 Å². The van der Waals surface area contributed by atoms with Gasteiger partial charge in [0.05, 0.1) is 11.8 Å². The maximum Gasteiger partial charge on any atom is 0.279 e. The van der Waals surface area contributed by atoms with Gasteiger partial charge in [-0.15, -0.1) is 0 Å². The first-order chi connectivity index (χ1) is 11.0. The number of carbonyl (C=O) groups excluding carboxylic acids is 1. The van der Waals surface area contributed by atoms with Crippen LogP contribution in [0.25, 0.3) is 10.2 Å². The number of fused-ring (bicyclic) bond motifs is 1.